The summed E-state index contributed by atoms with van der Waals surface area (Å²) in [5.74, 6) is -3.15. The Balaban J connectivity index is 2.19. The fourth-order valence-electron chi connectivity index (χ4n) is 2.71. The number of amides is 2. The maximum atomic E-state index is 11.8. The molecule has 0 bridgehead atoms. The first-order valence-corrected chi connectivity index (χ1v) is 5.79. The minimum atomic E-state index is -0.995. The Bertz CT molecular complexity index is 362. The predicted molar refractivity (Wildman–Crippen MR) is 58.0 cm³/mol. The van der Waals surface area contributed by atoms with Gasteiger partial charge >= 0.3 is 5.97 Å². The van der Waals surface area contributed by atoms with E-state index in [1.54, 1.807) is 0 Å². The molecule has 0 aromatic carbocycles. The summed E-state index contributed by atoms with van der Waals surface area (Å²) in [7, 11) is 1.41. The highest BCUT2D eigenvalue weighted by molar-refractivity contribution is 6.04. The summed E-state index contributed by atoms with van der Waals surface area (Å²) >= 11 is 0. The van der Waals surface area contributed by atoms with Crippen LogP contribution in [0.2, 0.25) is 0 Å². The number of carbonyl (C=O) groups is 3. The summed E-state index contributed by atoms with van der Waals surface area (Å²) in [6.45, 7) is 0.777. The van der Waals surface area contributed by atoms with Crippen LogP contribution in [0.3, 0.4) is 0 Å². The molecule has 2 aliphatic rings. The van der Waals surface area contributed by atoms with Crippen LogP contribution in [0.1, 0.15) is 19.3 Å². The molecule has 3 unspecified atom stereocenters. The van der Waals surface area contributed by atoms with Crippen LogP contribution in [-0.4, -0.2) is 47.4 Å². The SMILES string of the molecule is CN1C(=O)CC(C(C(=O)O)C2CCCN2)C1=O. The Morgan fingerprint density at radius 3 is 2.65 bits per heavy atom. The average molecular weight is 240 g/mol. The van der Waals surface area contributed by atoms with Crippen LogP contribution in [0.4, 0.5) is 0 Å². The molecular weight excluding hydrogens is 224 g/mol. The molecule has 0 aromatic rings. The molecule has 0 saturated carbocycles. The fraction of sp³-hybridized carbons (Fsp3) is 0.727. The maximum absolute atomic E-state index is 11.8. The van der Waals surface area contributed by atoms with Gasteiger partial charge in [0.15, 0.2) is 0 Å². The van der Waals surface area contributed by atoms with Crippen LogP contribution >= 0.6 is 0 Å². The van der Waals surface area contributed by atoms with E-state index >= 15 is 0 Å². The molecule has 2 heterocycles. The molecule has 0 aliphatic carbocycles. The highest BCUT2D eigenvalue weighted by Crippen LogP contribution is 2.31. The zero-order valence-corrected chi connectivity index (χ0v) is 9.68. The van der Waals surface area contributed by atoms with E-state index in [1.807, 2.05) is 0 Å². The van der Waals surface area contributed by atoms with Crippen molar-refractivity contribution in [3.05, 3.63) is 0 Å². The third-order valence-corrected chi connectivity index (χ3v) is 3.67. The molecule has 3 atom stereocenters. The van der Waals surface area contributed by atoms with E-state index in [4.69, 9.17) is 0 Å². The Labute approximate surface area is 99.0 Å². The van der Waals surface area contributed by atoms with Crippen molar-refractivity contribution in [3.63, 3.8) is 0 Å². The van der Waals surface area contributed by atoms with Crippen molar-refractivity contribution in [2.75, 3.05) is 13.6 Å². The molecule has 2 amide bonds. The van der Waals surface area contributed by atoms with Gasteiger partial charge in [0.25, 0.3) is 0 Å². The molecule has 0 spiro atoms. The lowest BCUT2D eigenvalue weighted by molar-refractivity contribution is -0.149. The number of likely N-dealkylation sites (tertiary alicyclic amines) is 1. The highest BCUT2D eigenvalue weighted by atomic mass is 16.4. The summed E-state index contributed by atoms with van der Waals surface area (Å²) in [5, 5.41) is 12.4. The molecule has 0 aromatic heterocycles. The molecular formula is C11H16N2O4. The molecule has 6 heteroatoms. The second kappa shape index (κ2) is 4.44. The van der Waals surface area contributed by atoms with Crippen LogP contribution in [0, 0.1) is 11.8 Å². The van der Waals surface area contributed by atoms with Crippen molar-refractivity contribution in [1.82, 2.24) is 10.2 Å². The minimum absolute atomic E-state index is 0.0183. The van der Waals surface area contributed by atoms with Crippen molar-refractivity contribution < 1.29 is 19.5 Å². The van der Waals surface area contributed by atoms with Crippen molar-refractivity contribution >= 4 is 17.8 Å². The lowest BCUT2D eigenvalue weighted by atomic mass is 9.84. The van der Waals surface area contributed by atoms with Gasteiger partial charge in [-0.2, -0.15) is 0 Å². The van der Waals surface area contributed by atoms with Crippen LogP contribution in [0.5, 0.6) is 0 Å². The summed E-state index contributed by atoms with van der Waals surface area (Å²) in [6.07, 6.45) is 1.68. The average Bonchev–Trinajstić information content (AvgIpc) is 2.85. The zero-order chi connectivity index (χ0) is 12.6. The summed E-state index contributed by atoms with van der Waals surface area (Å²) < 4.78 is 0. The Morgan fingerprint density at radius 1 is 1.53 bits per heavy atom. The number of aliphatic carboxylic acids is 1. The van der Waals surface area contributed by atoms with Gasteiger partial charge in [-0.15, -0.1) is 0 Å². The number of nitrogens with zero attached hydrogens (tertiary/aromatic N) is 1. The van der Waals surface area contributed by atoms with Gasteiger partial charge < -0.3 is 10.4 Å². The van der Waals surface area contributed by atoms with Crippen LogP contribution in [0.25, 0.3) is 0 Å². The second-order valence-corrected chi connectivity index (χ2v) is 4.67. The first-order chi connectivity index (χ1) is 8.02. The number of hydrogen-bond donors (Lipinski definition) is 2. The Kier molecular flexibility index (Phi) is 3.15. The van der Waals surface area contributed by atoms with Gasteiger partial charge in [0.1, 0.15) is 0 Å². The van der Waals surface area contributed by atoms with Crippen LogP contribution < -0.4 is 5.32 Å². The third-order valence-electron chi connectivity index (χ3n) is 3.67. The minimum Gasteiger partial charge on any atom is -0.481 e. The number of carbonyl (C=O) groups excluding carboxylic acids is 2. The first kappa shape index (κ1) is 12.0. The molecule has 17 heavy (non-hydrogen) atoms. The summed E-state index contributed by atoms with van der Waals surface area (Å²) in [5.41, 5.74) is 0. The normalized spacial score (nSPS) is 31.0. The van der Waals surface area contributed by atoms with E-state index < -0.39 is 17.8 Å². The maximum Gasteiger partial charge on any atom is 0.308 e. The van der Waals surface area contributed by atoms with Gasteiger partial charge in [0.05, 0.1) is 11.8 Å². The first-order valence-electron chi connectivity index (χ1n) is 5.79. The Hall–Kier alpha value is -1.43. The van der Waals surface area contributed by atoms with Gasteiger partial charge in [-0.1, -0.05) is 0 Å². The fourth-order valence-corrected chi connectivity index (χ4v) is 2.71. The number of rotatable bonds is 3. The summed E-state index contributed by atoms with van der Waals surface area (Å²) in [4.78, 5) is 35.6. The van der Waals surface area contributed by atoms with Gasteiger partial charge in [0.2, 0.25) is 11.8 Å². The standard InChI is InChI=1S/C11H16N2O4/c1-13-8(14)5-6(10(13)15)9(11(16)17)7-3-2-4-12-7/h6-7,9,12H,2-5H2,1H3,(H,16,17). The van der Waals surface area contributed by atoms with Crippen molar-refractivity contribution in [3.8, 4) is 0 Å². The lowest BCUT2D eigenvalue weighted by Gasteiger charge is -2.23. The monoisotopic (exact) mass is 240 g/mol. The highest BCUT2D eigenvalue weighted by Gasteiger charge is 2.47. The molecule has 2 aliphatic heterocycles. The van der Waals surface area contributed by atoms with E-state index in [0.29, 0.717) is 0 Å². The molecule has 6 nitrogen and oxygen atoms in total. The number of nitrogens with one attached hydrogen (secondary N) is 1. The predicted octanol–water partition coefficient (Wildman–Crippen LogP) is -0.556. The van der Waals surface area contributed by atoms with Gasteiger partial charge in [0, 0.05) is 19.5 Å². The summed E-state index contributed by atoms with van der Waals surface area (Å²) in [6, 6.07) is -0.194. The van der Waals surface area contributed by atoms with E-state index in [-0.39, 0.29) is 24.3 Å². The Morgan fingerprint density at radius 2 is 2.24 bits per heavy atom. The van der Waals surface area contributed by atoms with E-state index in [0.717, 1.165) is 24.3 Å². The largest absolute Gasteiger partial charge is 0.481 e. The smallest absolute Gasteiger partial charge is 0.308 e. The van der Waals surface area contributed by atoms with Gasteiger partial charge in [-0.3, -0.25) is 19.3 Å². The molecule has 2 rings (SSSR count). The molecule has 0 radical (unpaired) electrons. The van der Waals surface area contributed by atoms with E-state index in [1.165, 1.54) is 7.05 Å². The molecule has 94 valence electrons. The number of hydrogen-bond acceptors (Lipinski definition) is 4. The lowest BCUT2D eigenvalue weighted by Crippen LogP contribution is -2.43. The van der Waals surface area contributed by atoms with E-state index in [2.05, 4.69) is 5.32 Å². The van der Waals surface area contributed by atoms with Crippen molar-refractivity contribution in [1.29, 1.82) is 0 Å². The van der Waals surface area contributed by atoms with Gasteiger partial charge in [-0.05, 0) is 19.4 Å². The topological polar surface area (TPSA) is 86.7 Å². The number of carboxylic acids is 1. The number of imide groups is 1. The van der Waals surface area contributed by atoms with Crippen LogP contribution in [0.15, 0.2) is 0 Å². The molecule has 2 N–H and O–H groups in total. The van der Waals surface area contributed by atoms with E-state index in [9.17, 15) is 19.5 Å². The quantitative estimate of drug-likeness (QED) is 0.646. The third kappa shape index (κ3) is 2.04. The van der Waals surface area contributed by atoms with Gasteiger partial charge in [-0.25, -0.2) is 0 Å². The molecule has 2 saturated heterocycles. The van der Waals surface area contributed by atoms with Crippen LogP contribution in [-0.2, 0) is 14.4 Å². The zero-order valence-electron chi connectivity index (χ0n) is 9.68. The second-order valence-electron chi connectivity index (χ2n) is 4.67. The number of carboxylic acid groups (broad SMARTS) is 1. The molecule has 2 fully saturated rings. The van der Waals surface area contributed by atoms with Crippen molar-refractivity contribution in [2.24, 2.45) is 11.8 Å². The van der Waals surface area contributed by atoms with Crippen molar-refractivity contribution in [2.45, 2.75) is 25.3 Å².